The van der Waals surface area contributed by atoms with Gasteiger partial charge in [-0.3, -0.25) is 14.6 Å². The van der Waals surface area contributed by atoms with E-state index in [-0.39, 0.29) is 18.7 Å². The Balaban J connectivity index is 1.95. The summed E-state index contributed by atoms with van der Waals surface area (Å²) in [5.74, 6) is 5.09. The fourth-order valence-corrected chi connectivity index (χ4v) is 4.46. The first-order valence-electron chi connectivity index (χ1n) is 10.5. The molecule has 0 fully saturated rings. The molecule has 1 aromatic heterocycles. The molecule has 1 unspecified atom stereocenters. The Bertz CT molecular complexity index is 1280. The van der Waals surface area contributed by atoms with E-state index < -0.39 is 11.4 Å². The molecule has 1 N–H and O–H groups in total. The number of benzene rings is 2. The average Bonchev–Trinajstić information content (AvgIpc) is 3.04. The Labute approximate surface area is 187 Å². The fraction of sp³-hybridized carbons (Fsp3) is 0.222. The summed E-state index contributed by atoms with van der Waals surface area (Å²) in [7, 11) is 0. The number of carbonyl (C=O) groups is 2. The maximum Gasteiger partial charge on any atom is 0.305 e. The highest BCUT2D eigenvalue weighted by Crippen LogP contribution is 2.52. The van der Waals surface area contributed by atoms with Gasteiger partial charge in [0.25, 0.3) is 0 Å². The van der Waals surface area contributed by atoms with Gasteiger partial charge in [0.05, 0.1) is 6.42 Å². The van der Waals surface area contributed by atoms with Gasteiger partial charge in [-0.2, -0.15) is 0 Å². The van der Waals surface area contributed by atoms with Crippen LogP contribution in [0.15, 0.2) is 72.6 Å². The molecular formula is C27H24N2O3. The number of anilines is 1. The third-order valence-electron chi connectivity index (χ3n) is 5.96. The van der Waals surface area contributed by atoms with Crippen molar-refractivity contribution in [3.63, 3.8) is 0 Å². The number of aliphatic carboxylic acids is 1. The number of nitrogens with zero attached hydrogens (tertiary/aromatic N) is 2. The molecular weight excluding hydrogens is 400 g/mol. The minimum absolute atomic E-state index is 0.0447. The van der Waals surface area contributed by atoms with Gasteiger partial charge in [-0.25, -0.2) is 0 Å². The molecule has 0 saturated carbocycles. The molecule has 1 aliphatic rings. The van der Waals surface area contributed by atoms with Gasteiger partial charge >= 0.3 is 5.97 Å². The molecule has 0 saturated heterocycles. The first-order valence-corrected chi connectivity index (χ1v) is 10.5. The van der Waals surface area contributed by atoms with Crippen LogP contribution in [-0.4, -0.2) is 28.4 Å². The van der Waals surface area contributed by atoms with Crippen LogP contribution in [0, 0.1) is 11.8 Å². The zero-order chi connectivity index (χ0) is 22.7. The molecule has 3 aromatic rings. The number of hydrogen-bond donors (Lipinski definition) is 1. The molecule has 2 heterocycles. The number of pyridine rings is 1. The van der Waals surface area contributed by atoms with E-state index in [9.17, 15) is 14.7 Å². The fourth-order valence-electron chi connectivity index (χ4n) is 4.46. The Kier molecular flexibility index (Phi) is 5.79. The van der Waals surface area contributed by atoms with Crippen molar-refractivity contribution < 1.29 is 14.7 Å². The average molecular weight is 425 g/mol. The molecule has 0 amide bonds. The van der Waals surface area contributed by atoms with Crippen LogP contribution in [0.1, 0.15) is 42.7 Å². The van der Waals surface area contributed by atoms with E-state index in [0.717, 1.165) is 27.7 Å². The van der Waals surface area contributed by atoms with Gasteiger partial charge in [0, 0.05) is 42.0 Å². The number of ketones is 1. The standard InChI is InChI=1S/C27H24N2O3/c1-3-4-15-27(2)24(18-23(30)21-11-7-8-16-28-21)29(17-14-25(31)32)22-13-12-19-9-5-6-10-20(19)26(22)27/h5-13,16,18H,14-15,17H2,1-2H3,(H,31,32). The minimum Gasteiger partial charge on any atom is -0.481 e. The van der Waals surface area contributed by atoms with Crippen molar-refractivity contribution in [1.82, 2.24) is 4.98 Å². The largest absolute Gasteiger partial charge is 0.481 e. The quantitative estimate of drug-likeness (QED) is 0.344. The summed E-state index contributed by atoms with van der Waals surface area (Å²) in [6.07, 6.45) is 3.66. The van der Waals surface area contributed by atoms with E-state index in [1.165, 1.54) is 0 Å². The lowest BCUT2D eigenvalue weighted by Gasteiger charge is -2.29. The lowest BCUT2D eigenvalue weighted by atomic mass is 9.76. The van der Waals surface area contributed by atoms with Crippen molar-refractivity contribution in [2.75, 3.05) is 11.4 Å². The smallest absolute Gasteiger partial charge is 0.305 e. The topological polar surface area (TPSA) is 70.5 Å². The maximum absolute atomic E-state index is 13.1. The van der Waals surface area contributed by atoms with Gasteiger partial charge < -0.3 is 10.0 Å². The highest BCUT2D eigenvalue weighted by molar-refractivity contribution is 6.05. The number of fused-ring (bicyclic) bond motifs is 3. The van der Waals surface area contributed by atoms with Crippen molar-refractivity contribution in [3.8, 4) is 11.8 Å². The zero-order valence-corrected chi connectivity index (χ0v) is 18.1. The van der Waals surface area contributed by atoms with Crippen LogP contribution in [0.4, 0.5) is 5.69 Å². The van der Waals surface area contributed by atoms with Crippen LogP contribution in [0.3, 0.4) is 0 Å². The van der Waals surface area contributed by atoms with Crippen molar-refractivity contribution in [1.29, 1.82) is 0 Å². The Morgan fingerprint density at radius 2 is 1.91 bits per heavy atom. The monoisotopic (exact) mass is 424 g/mol. The first kappa shape index (κ1) is 21.3. The third kappa shape index (κ3) is 3.76. The molecule has 32 heavy (non-hydrogen) atoms. The van der Waals surface area contributed by atoms with E-state index in [1.54, 1.807) is 37.4 Å². The zero-order valence-electron chi connectivity index (χ0n) is 18.1. The second-order valence-electron chi connectivity index (χ2n) is 8.02. The molecule has 0 radical (unpaired) electrons. The molecule has 1 atom stereocenters. The normalized spacial score (nSPS) is 18.3. The molecule has 0 bridgehead atoms. The van der Waals surface area contributed by atoms with Crippen molar-refractivity contribution in [2.24, 2.45) is 0 Å². The summed E-state index contributed by atoms with van der Waals surface area (Å²) in [5, 5.41) is 11.5. The summed E-state index contributed by atoms with van der Waals surface area (Å²) in [5.41, 5.74) is 2.52. The van der Waals surface area contributed by atoms with E-state index >= 15 is 0 Å². The van der Waals surface area contributed by atoms with Crippen LogP contribution in [0.25, 0.3) is 10.8 Å². The second kappa shape index (κ2) is 8.68. The lowest BCUT2D eigenvalue weighted by Crippen LogP contribution is -2.31. The number of carbonyl (C=O) groups excluding carboxylic acids is 1. The molecule has 160 valence electrons. The van der Waals surface area contributed by atoms with Crippen LogP contribution in [0.2, 0.25) is 0 Å². The molecule has 2 aromatic carbocycles. The molecule has 0 aliphatic carbocycles. The summed E-state index contributed by atoms with van der Waals surface area (Å²) in [6.45, 7) is 4.14. The molecule has 5 nitrogen and oxygen atoms in total. The molecule has 0 spiro atoms. The summed E-state index contributed by atoms with van der Waals surface area (Å²) in [4.78, 5) is 30.7. The van der Waals surface area contributed by atoms with E-state index in [2.05, 4.69) is 35.9 Å². The number of hydrogen-bond acceptors (Lipinski definition) is 4. The number of aromatic nitrogens is 1. The van der Waals surface area contributed by atoms with E-state index in [0.29, 0.717) is 12.1 Å². The van der Waals surface area contributed by atoms with Crippen LogP contribution in [-0.2, 0) is 10.2 Å². The van der Waals surface area contributed by atoms with Gasteiger partial charge in [0.1, 0.15) is 5.69 Å². The highest BCUT2D eigenvalue weighted by Gasteiger charge is 2.44. The Hall–Kier alpha value is -3.91. The summed E-state index contributed by atoms with van der Waals surface area (Å²) < 4.78 is 0. The minimum atomic E-state index is -0.885. The van der Waals surface area contributed by atoms with Crippen LogP contribution < -0.4 is 4.90 Å². The maximum atomic E-state index is 13.1. The van der Waals surface area contributed by atoms with Crippen molar-refractivity contribution in [3.05, 3.63) is 83.8 Å². The van der Waals surface area contributed by atoms with Crippen LogP contribution >= 0.6 is 0 Å². The number of carboxylic acids is 1. The molecule has 4 rings (SSSR count). The first-order chi connectivity index (χ1) is 15.5. The van der Waals surface area contributed by atoms with Gasteiger partial charge in [-0.05, 0) is 48.4 Å². The van der Waals surface area contributed by atoms with E-state index in [1.807, 2.05) is 29.2 Å². The third-order valence-corrected chi connectivity index (χ3v) is 5.96. The predicted octanol–water partition coefficient (Wildman–Crippen LogP) is 4.97. The molecule has 1 aliphatic heterocycles. The van der Waals surface area contributed by atoms with E-state index in [4.69, 9.17) is 0 Å². The van der Waals surface area contributed by atoms with Gasteiger partial charge in [0.2, 0.25) is 5.78 Å². The SMILES string of the molecule is CC#CCC1(C)C(=CC(=O)c2ccccn2)N(CCC(=O)O)c2ccc3ccccc3c21. The van der Waals surface area contributed by atoms with Crippen molar-refractivity contribution >= 4 is 28.2 Å². The second-order valence-corrected chi connectivity index (χ2v) is 8.02. The predicted molar refractivity (Wildman–Crippen MR) is 126 cm³/mol. The summed E-state index contributed by atoms with van der Waals surface area (Å²) >= 11 is 0. The van der Waals surface area contributed by atoms with Crippen molar-refractivity contribution in [2.45, 2.75) is 32.1 Å². The molecule has 5 heteroatoms. The Morgan fingerprint density at radius 1 is 1.12 bits per heavy atom. The lowest BCUT2D eigenvalue weighted by molar-refractivity contribution is -0.136. The Morgan fingerprint density at radius 3 is 2.62 bits per heavy atom. The number of rotatable bonds is 6. The number of allylic oxidation sites excluding steroid dienone is 2. The number of carboxylic acid groups (broad SMARTS) is 1. The van der Waals surface area contributed by atoms with Gasteiger partial charge in [0.15, 0.2) is 0 Å². The highest BCUT2D eigenvalue weighted by atomic mass is 16.4. The van der Waals surface area contributed by atoms with Gasteiger partial charge in [-0.15, -0.1) is 11.8 Å². The van der Waals surface area contributed by atoms with Gasteiger partial charge in [-0.1, -0.05) is 36.4 Å². The van der Waals surface area contributed by atoms with Crippen LogP contribution in [0.5, 0.6) is 0 Å². The summed E-state index contributed by atoms with van der Waals surface area (Å²) in [6, 6.07) is 17.4.